The quantitative estimate of drug-likeness (QED) is 0.412. The van der Waals surface area contributed by atoms with Gasteiger partial charge in [0.1, 0.15) is 6.61 Å². The zero-order valence-electron chi connectivity index (χ0n) is 9.21. The van der Waals surface area contributed by atoms with Crippen LogP contribution in [0.2, 0.25) is 0 Å². The largest absolute Gasteiger partial charge is 0.370 e. The van der Waals surface area contributed by atoms with Crippen LogP contribution in [0, 0.1) is 5.92 Å². The highest BCUT2D eigenvalue weighted by molar-refractivity contribution is 7.80. The van der Waals surface area contributed by atoms with Crippen LogP contribution in [0.3, 0.4) is 0 Å². The van der Waals surface area contributed by atoms with Crippen LogP contribution in [0.15, 0.2) is 0 Å². The van der Waals surface area contributed by atoms with E-state index in [2.05, 4.69) is 24.5 Å². The molecule has 1 amide bonds. The van der Waals surface area contributed by atoms with Crippen molar-refractivity contribution in [1.82, 2.24) is 10.6 Å². The molecule has 0 aliphatic heterocycles. The number of carbonyl (C=O) groups excluding carboxylic acids is 1. The first kappa shape index (κ1) is 14.1. The molecule has 0 bridgehead atoms. The second-order valence-electron chi connectivity index (χ2n) is 3.55. The summed E-state index contributed by atoms with van der Waals surface area (Å²) in [4.78, 5) is 10.3. The summed E-state index contributed by atoms with van der Waals surface area (Å²) < 4.78 is 4.95. The van der Waals surface area contributed by atoms with Crippen molar-refractivity contribution in [3.63, 3.8) is 0 Å². The lowest BCUT2D eigenvalue weighted by atomic mass is 10.2. The molecule has 0 saturated carbocycles. The van der Waals surface area contributed by atoms with Gasteiger partial charge in [-0.05, 0) is 18.1 Å². The van der Waals surface area contributed by atoms with Crippen molar-refractivity contribution < 1.29 is 9.53 Å². The number of nitrogens with one attached hydrogen (secondary N) is 2. The second kappa shape index (κ2) is 8.43. The summed E-state index contributed by atoms with van der Waals surface area (Å²) in [6.07, 6.45) is 0. The highest BCUT2D eigenvalue weighted by atomic mass is 32.1. The van der Waals surface area contributed by atoms with E-state index in [9.17, 15) is 4.79 Å². The number of hydrogen-bond donors (Lipinski definition) is 3. The van der Waals surface area contributed by atoms with Crippen molar-refractivity contribution in [2.45, 2.75) is 13.8 Å². The third-order valence-corrected chi connectivity index (χ3v) is 1.74. The maximum Gasteiger partial charge on any atom is 0.243 e. The molecule has 0 aromatic rings. The molecule has 0 unspecified atom stereocenters. The van der Waals surface area contributed by atoms with Gasteiger partial charge in [-0.2, -0.15) is 0 Å². The fourth-order valence-electron chi connectivity index (χ4n) is 0.769. The Hall–Kier alpha value is -0.880. The van der Waals surface area contributed by atoms with Crippen molar-refractivity contribution in [3.05, 3.63) is 0 Å². The number of rotatable bonds is 7. The van der Waals surface area contributed by atoms with E-state index < -0.39 is 5.91 Å². The lowest BCUT2D eigenvalue weighted by Crippen LogP contribution is -2.39. The molecule has 0 rings (SSSR count). The summed E-state index contributed by atoms with van der Waals surface area (Å²) in [5.74, 6) is 0.0892. The number of carbonyl (C=O) groups is 1. The topological polar surface area (TPSA) is 76.4 Å². The van der Waals surface area contributed by atoms with Crippen LogP contribution in [0.1, 0.15) is 13.8 Å². The van der Waals surface area contributed by atoms with E-state index in [0.29, 0.717) is 24.2 Å². The van der Waals surface area contributed by atoms with Gasteiger partial charge in [0.2, 0.25) is 5.91 Å². The number of primary amides is 1. The van der Waals surface area contributed by atoms with Crippen molar-refractivity contribution in [1.29, 1.82) is 0 Å². The molecule has 6 heteroatoms. The van der Waals surface area contributed by atoms with Crippen LogP contribution in [0.25, 0.3) is 0 Å². The molecular weight excluding hydrogens is 214 g/mol. The number of amides is 1. The highest BCUT2D eigenvalue weighted by Crippen LogP contribution is 1.86. The molecule has 0 aromatic carbocycles. The molecule has 15 heavy (non-hydrogen) atoms. The van der Waals surface area contributed by atoms with Gasteiger partial charge in [-0.3, -0.25) is 4.79 Å². The van der Waals surface area contributed by atoms with E-state index in [1.807, 2.05) is 0 Å². The SMILES string of the molecule is CC(C)CNC(=S)NCCOCC(N)=O. The van der Waals surface area contributed by atoms with Crippen molar-refractivity contribution in [2.24, 2.45) is 11.7 Å². The Balaban J connectivity index is 3.28. The van der Waals surface area contributed by atoms with Crippen molar-refractivity contribution >= 4 is 23.2 Å². The summed E-state index contributed by atoms with van der Waals surface area (Å²) >= 11 is 5.00. The minimum absolute atomic E-state index is 0.0478. The molecule has 0 saturated heterocycles. The van der Waals surface area contributed by atoms with E-state index in [-0.39, 0.29) is 6.61 Å². The Morgan fingerprint density at radius 2 is 2.13 bits per heavy atom. The minimum Gasteiger partial charge on any atom is -0.370 e. The summed E-state index contributed by atoms with van der Waals surface area (Å²) in [5.41, 5.74) is 4.89. The summed E-state index contributed by atoms with van der Waals surface area (Å²) in [6.45, 7) is 5.97. The zero-order valence-corrected chi connectivity index (χ0v) is 10.0. The lowest BCUT2D eigenvalue weighted by molar-refractivity contribution is -0.122. The van der Waals surface area contributed by atoms with E-state index in [1.165, 1.54) is 0 Å². The Morgan fingerprint density at radius 1 is 1.47 bits per heavy atom. The molecule has 0 heterocycles. The predicted molar refractivity (Wildman–Crippen MR) is 63.5 cm³/mol. The standard InChI is InChI=1S/C9H19N3O2S/c1-7(2)5-12-9(15)11-3-4-14-6-8(10)13/h7H,3-6H2,1-2H3,(H2,10,13)(H2,11,12,15). The van der Waals surface area contributed by atoms with Gasteiger partial charge in [-0.15, -0.1) is 0 Å². The molecule has 0 aliphatic rings. The monoisotopic (exact) mass is 233 g/mol. The first-order valence-electron chi connectivity index (χ1n) is 4.90. The third kappa shape index (κ3) is 11.0. The van der Waals surface area contributed by atoms with Crippen LogP contribution in [-0.4, -0.2) is 37.3 Å². The number of ether oxygens (including phenoxy) is 1. The van der Waals surface area contributed by atoms with Gasteiger partial charge in [-0.25, -0.2) is 0 Å². The maximum absolute atomic E-state index is 10.3. The van der Waals surface area contributed by atoms with Crippen LogP contribution >= 0.6 is 12.2 Å². The molecule has 0 atom stereocenters. The fraction of sp³-hybridized carbons (Fsp3) is 0.778. The Labute approximate surface area is 95.7 Å². The number of hydrogen-bond acceptors (Lipinski definition) is 3. The van der Waals surface area contributed by atoms with Gasteiger partial charge in [-0.1, -0.05) is 13.8 Å². The van der Waals surface area contributed by atoms with E-state index in [1.54, 1.807) is 0 Å². The van der Waals surface area contributed by atoms with Crippen LogP contribution < -0.4 is 16.4 Å². The molecule has 0 aliphatic carbocycles. The minimum atomic E-state index is -0.462. The smallest absolute Gasteiger partial charge is 0.243 e. The third-order valence-electron chi connectivity index (χ3n) is 1.45. The average Bonchev–Trinajstić information content (AvgIpc) is 2.13. The normalized spacial score (nSPS) is 10.1. The van der Waals surface area contributed by atoms with Crippen LogP contribution in [0.5, 0.6) is 0 Å². The zero-order chi connectivity index (χ0) is 11.7. The first-order valence-corrected chi connectivity index (χ1v) is 5.31. The van der Waals surface area contributed by atoms with E-state index in [4.69, 9.17) is 22.7 Å². The first-order chi connectivity index (χ1) is 7.02. The van der Waals surface area contributed by atoms with Crippen LogP contribution in [0.4, 0.5) is 0 Å². The molecule has 88 valence electrons. The molecular formula is C9H19N3O2S. The van der Waals surface area contributed by atoms with Gasteiger partial charge in [0.25, 0.3) is 0 Å². The van der Waals surface area contributed by atoms with Gasteiger partial charge in [0.05, 0.1) is 6.61 Å². The molecule has 0 spiro atoms. The number of nitrogens with two attached hydrogens (primary N) is 1. The maximum atomic E-state index is 10.3. The van der Waals surface area contributed by atoms with Gasteiger partial charge in [0.15, 0.2) is 5.11 Å². The molecule has 5 nitrogen and oxygen atoms in total. The van der Waals surface area contributed by atoms with E-state index >= 15 is 0 Å². The van der Waals surface area contributed by atoms with Gasteiger partial charge in [0, 0.05) is 13.1 Å². The molecule has 0 fully saturated rings. The summed E-state index contributed by atoms with van der Waals surface area (Å²) in [5, 5.41) is 6.61. The molecule has 0 aromatic heterocycles. The summed E-state index contributed by atoms with van der Waals surface area (Å²) in [6, 6.07) is 0. The van der Waals surface area contributed by atoms with Crippen LogP contribution in [-0.2, 0) is 9.53 Å². The van der Waals surface area contributed by atoms with Crippen molar-refractivity contribution in [3.8, 4) is 0 Å². The predicted octanol–water partition coefficient (Wildman–Crippen LogP) is -0.392. The molecule has 0 radical (unpaired) electrons. The Bertz CT molecular complexity index is 210. The lowest BCUT2D eigenvalue weighted by Gasteiger charge is -2.11. The average molecular weight is 233 g/mol. The van der Waals surface area contributed by atoms with E-state index in [0.717, 1.165) is 6.54 Å². The Kier molecular flexibility index (Phi) is 7.94. The number of thiocarbonyl (C=S) groups is 1. The molecule has 4 N–H and O–H groups in total. The second-order valence-corrected chi connectivity index (χ2v) is 3.96. The highest BCUT2D eigenvalue weighted by Gasteiger charge is 1.97. The van der Waals surface area contributed by atoms with Gasteiger partial charge < -0.3 is 21.1 Å². The van der Waals surface area contributed by atoms with Crippen molar-refractivity contribution in [2.75, 3.05) is 26.3 Å². The Morgan fingerprint density at radius 3 is 2.67 bits per heavy atom. The van der Waals surface area contributed by atoms with Gasteiger partial charge >= 0.3 is 0 Å². The summed E-state index contributed by atoms with van der Waals surface area (Å²) in [7, 11) is 0. The fourth-order valence-corrected chi connectivity index (χ4v) is 0.954.